The molecular weight excluding hydrogens is 312 g/mol. The summed E-state index contributed by atoms with van der Waals surface area (Å²) in [6.45, 7) is 0. The van der Waals surface area contributed by atoms with E-state index in [9.17, 15) is 9.59 Å². The Bertz CT molecular complexity index is 787. The molecular formula is C13H10N2O4S2. The van der Waals surface area contributed by atoms with Gasteiger partial charge in [-0.3, -0.25) is 0 Å². The molecule has 1 atom stereocenters. The molecule has 0 fully saturated rings. The van der Waals surface area contributed by atoms with Crippen molar-refractivity contribution in [1.82, 2.24) is 9.78 Å². The molecule has 0 saturated heterocycles. The van der Waals surface area contributed by atoms with Gasteiger partial charge in [0.05, 0.1) is 12.0 Å². The Labute approximate surface area is 127 Å². The van der Waals surface area contributed by atoms with Crippen LogP contribution in [0.2, 0.25) is 0 Å². The summed E-state index contributed by atoms with van der Waals surface area (Å²) in [5.74, 6) is -1.07. The van der Waals surface area contributed by atoms with Crippen molar-refractivity contribution in [2.45, 2.75) is 6.04 Å². The molecule has 0 bridgehead atoms. The molecule has 0 aromatic carbocycles. The van der Waals surface area contributed by atoms with Crippen molar-refractivity contribution in [3.8, 4) is 10.8 Å². The van der Waals surface area contributed by atoms with Crippen molar-refractivity contribution in [2.75, 3.05) is 7.11 Å². The van der Waals surface area contributed by atoms with Crippen LogP contribution >= 0.6 is 22.7 Å². The third-order valence-corrected chi connectivity index (χ3v) is 4.39. The molecule has 3 rings (SSSR count). The number of rotatable bonds is 4. The number of esters is 1. The second-order valence-electron chi connectivity index (χ2n) is 4.08. The third kappa shape index (κ3) is 2.55. The summed E-state index contributed by atoms with van der Waals surface area (Å²) in [5, 5.41) is 9.57. The van der Waals surface area contributed by atoms with Crippen molar-refractivity contribution in [3.63, 3.8) is 0 Å². The van der Waals surface area contributed by atoms with E-state index in [0.717, 1.165) is 9.56 Å². The van der Waals surface area contributed by atoms with Gasteiger partial charge in [-0.2, -0.15) is 16.0 Å². The number of carbonyl (C=O) groups is 1. The van der Waals surface area contributed by atoms with Crippen LogP contribution in [0.3, 0.4) is 0 Å². The van der Waals surface area contributed by atoms with E-state index in [1.54, 1.807) is 17.5 Å². The largest absolute Gasteiger partial charge is 0.467 e. The Morgan fingerprint density at radius 2 is 2.29 bits per heavy atom. The van der Waals surface area contributed by atoms with E-state index in [1.807, 2.05) is 16.8 Å². The minimum absolute atomic E-state index is 0.194. The molecule has 3 aromatic heterocycles. The van der Waals surface area contributed by atoms with E-state index in [-0.39, 0.29) is 5.89 Å². The van der Waals surface area contributed by atoms with Crippen molar-refractivity contribution >= 4 is 28.6 Å². The lowest BCUT2D eigenvalue weighted by Gasteiger charge is -2.11. The summed E-state index contributed by atoms with van der Waals surface area (Å²) in [5.41, 5.74) is 0.639. The first-order valence-electron chi connectivity index (χ1n) is 5.94. The number of carbonyl (C=O) groups excluding carboxylic acids is 1. The monoisotopic (exact) mass is 322 g/mol. The topological polar surface area (TPSA) is 74.3 Å². The lowest BCUT2D eigenvalue weighted by atomic mass is 10.1. The summed E-state index contributed by atoms with van der Waals surface area (Å²) < 4.78 is 10.9. The Hall–Kier alpha value is -2.19. The van der Waals surface area contributed by atoms with Crippen LogP contribution in [0, 0.1) is 0 Å². The van der Waals surface area contributed by atoms with Crippen LogP contribution in [0.15, 0.2) is 43.6 Å². The second-order valence-corrected chi connectivity index (χ2v) is 5.81. The Kier molecular flexibility index (Phi) is 3.72. The number of nitrogens with zero attached hydrogens (tertiary/aromatic N) is 2. The van der Waals surface area contributed by atoms with Gasteiger partial charge >= 0.3 is 11.7 Å². The van der Waals surface area contributed by atoms with Gasteiger partial charge in [-0.15, -0.1) is 16.4 Å². The van der Waals surface area contributed by atoms with Gasteiger partial charge in [0.2, 0.25) is 0 Å². The van der Waals surface area contributed by atoms with Gasteiger partial charge in [-0.05, 0) is 33.8 Å². The maximum absolute atomic E-state index is 12.0. The van der Waals surface area contributed by atoms with Gasteiger partial charge in [0.15, 0.2) is 6.04 Å². The zero-order chi connectivity index (χ0) is 14.8. The molecule has 6 nitrogen and oxygen atoms in total. The van der Waals surface area contributed by atoms with Crippen LogP contribution in [-0.4, -0.2) is 22.9 Å². The highest BCUT2D eigenvalue weighted by atomic mass is 32.1. The molecule has 108 valence electrons. The predicted octanol–water partition coefficient (Wildman–Crippen LogP) is 2.39. The number of thiophene rings is 2. The maximum atomic E-state index is 12.0. The second kappa shape index (κ2) is 5.66. The van der Waals surface area contributed by atoms with Gasteiger partial charge in [0.1, 0.15) is 0 Å². The van der Waals surface area contributed by atoms with Crippen LogP contribution in [-0.2, 0) is 9.53 Å². The lowest BCUT2D eigenvalue weighted by Crippen LogP contribution is -2.29. The minimum Gasteiger partial charge on any atom is -0.467 e. The van der Waals surface area contributed by atoms with Crippen molar-refractivity contribution in [3.05, 3.63) is 50.5 Å². The molecule has 0 radical (unpaired) electrons. The summed E-state index contributed by atoms with van der Waals surface area (Å²) >= 11 is 2.82. The average molecular weight is 322 g/mol. The first-order chi connectivity index (χ1) is 10.2. The molecule has 1 unspecified atom stereocenters. The van der Waals surface area contributed by atoms with Crippen molar-refractivity contribution in [2.24, 2.45) is 0 Å². The molecule has 0 amide bonds. The lowest BCUT2D eigenvalue weighted by molar-refractivity contribution is -0.143. The Balaban J connectivity index is 2.08. The average Bonchev–Trinajstić information content (AvgIpc) is 3.20. The number of ether oxygens (including phenoxy) is 1. The first-order valence-corrected chi connectivity index (χ1v) is 7.76. The molecule has 0 aliphatic carbocycles. The van der Waals surface area contributed by atoms with Crippen LogP contribution in [0.25, 0.3) is 10.8 Å². The van der Waals surface area contributed by atoms with E-state index in [4.69, 9.17) is 9.15 Å². The Morgan fingerprint density at radius 3 is 2.90 bits per heavy atom. The fourth-order valence-electron chi connectivity index (χ4n) is 1.87. The van der Waals surface area contributed by atoms with Crippen LogP contribution in [0.5, 0.6) is 0 Å². The van der Waals surface area contributed by atoms with E-state index >= 15 is 0 Å². The van der Waals surface area contributed by atoms with Crippen molar-refractivity contribution in [1.29, 1.82) is 0 Å². The normalized spacial score (nSPS) is 12.2. The van der Waals surface area contributed by atoms with Crippen LogP contribution in [0.4, 0.5) is 0 Å². The summed E-state index contributed by atoms with van der Waals surface area (Å²) in [6, 6.07) is 4.43. The molecule has 0 aliphatic rings. The van der Waals surface area contributed by atoms with Gasteiger partial charge < -0.3 is 9.15 Å². The zero-order valence-electron chi connectivity index (χ0n) is 10.9. The highest BCUT2D eigenvalue weighted by Gasteiger charge is 2.29. The van der Waals surface area contributed by atoms with E-state index in [0.29, 0.717) is 5.56 Å². The molecule has 0 spiro atoms. The number of methoxy groups -OCH3 is 1. The van der Waals surface area contributed by atoms with Crippen LogP contribution < -0.4 is 5.76 Å². The summed E-state index contributed by atoms with van der Waals surface area (Å²) in [6.07, 6.45) is 0. The van der Waals surface area contributed by atoms with Gasteiger partial charge in [0.25, 0.3) is 5.89 Å². The third-order valence-electron chi connectivity index (χ3n) is 2.83. The molecule has 3 heterocycles. The van der Waals surface area contributed by atoms with E-state index in [2.05, 4.69) is 5.10 Å². The molecule has 0 N–H and O–H groups in total. The highest BCUT2D eigenvalue weighted by Crippen LogP contribution is 2.25. The van der Waals surface area contributed by atoms with Crippen molar-refractivity contribution < 1.29 is 13.9 Å². The van der Waals surface area contributed by atoms with E-state index < -0.39 is 17.8 Å². The van der Waals surface area contributed by atoms with Gasteiger partial charge in [-0.1, -0.05) is 6.07 Å². The number of hydrogen-bond donors (Lipinski definition) is 0. The Morgan fingerprint density at radius 1 is 1.43 bits per heavy atom. The number of aromatic nitrogens is 2. The smallest absolute Gasteiger partial charge is 0.438 e. The first kappa shape index (κ1) is 13.8. The minimum atomic E-state index is -0.939. The molecule has 21 heavy (non-hydrogen) atoms. The quantitative estimate of drug-likeness (QED) is 0.690. The standard InChI is InChI=1S/C13H10N2O4S2/c1-18-12(16)10(8-4-6-20-7-8)15-13(17)19-11(14-15)9-3-2-5-21-9/h2-7,10H,1H3. The summed E-state index contributed by atoms with van der Waals surface area (Å²) in [7, 11) is 1.27. The number of hydrogen-bond acceptors (Lipinski definition) is 7. The van der Waals surface area contributed by atoms with E-state index in [1.165, 1.54) is 29.8 Å². The summed E-state index contributed by atoms with van der Waals surface area (Å²) in [4.78, 5) is 24.8. The van der Waals surface area contributed by atoms with Crippen LogP contribution in [0.1, 0.15) is 11.6 Å². The highest BCUT2D eigenvalue weighted by molar-refractivity contribution is 7.13. The molecule has 3 aromatic rings. The predicted molar refractivity (Wildman–Crippen MR) is 78.6 cm³/mol. The fourth-order valence-corrected chi connectivity index (χ4v) is 3.19. The molecule has 8 heteroatoms. The zero-order valence-corrected chi connectivity index (χ0v) is 12.5. The van der Waals surface area contributed by atoms with Gasteiger partial charge in [0, 0.05) is 0 Å². The molecule has 0 saturated carbocycles. The fraction of sp³-hybridized carbons (Fsp3) is 0.154. The molecule has 0 aliphatic heterocycles. The van der Waals surface area contributed by atoms with Gasteiger partial charge in [-0.25, -0.2) is 9.59 Å². The SMILES string of the molecule is COC(=O)C(c1ccsc1)n1nc(-c2cccs2)oc1=O. The maximum Gasteiger partial charge on any atom is 0.438 e.